The van der Waals surface area contributed by atoms with Gasteiger partial charge in [0.15, 0.2) is 5.37 Å². The lowest BCUT2D eigenvalue weighted by Crippen LogP contribution is -2.47. The van der Waals surface area contributed by atoms with Crippen LogP contribution < -0.4 is 5.32 Å². The summed E-state index contributed by atoms with van der Waals surface area (Å²) in [4.78, 5) is 10.8. The Morgan fingerprint density at radius 2 is 2.14 bits per heavy atom. The minimum absolute atomic E-state index is 0.0852. The van der Waals surface area contributed by atoms with E-state index in [1.54, 1.807) is 0 Å². The van der Waals surface area contributed by atoms with Crippen LogP contribution in [-0.2, 0) is 14.9 Å². The lowest BCUT2D eigenvalue weighted by molar-refractivity contribution is -0.117. The zero-order chi connectivity index (χ0) is 11.4. The number of hydrogen-bond acceptors (Lipinski definition) is 4. The molecule has 0 saturated heterocycles. The van der Waals surface area contributed by atoms with Gasteiger partial charge in [-0.3, -0.25) is 9.35 Å². The molecule has 0 spiro atoms. The fraction of sp³-hybridized carbons (Fsp3) is 0.571. The molecule has 0 fully saturated rings. The average molecular weight is 223 g/mol. The zero-order valence-corrected chi connectivity index (χ0v) is 8.49. The molecule has 14 heavy (non-hydrogen) atoms. The van der Waals surface area contributed by atoms with E-state index in [0.29, 0.717) is 0 Å². The van der Waals surface area contributed by atoms with E-state index in [4.69, 9.17) is 4.55 Å². The SMILES string of the molecule is C=CC(=O)NC(C(O)CC)S(=O)(=O)O. The molecular formula is C7H13NO5S. The van der Waals surface area contributed by atoms with Gasteiger partial charge in [0.2, 0.25) is 5.91 Å². The fourth-order valence-electron chi connectivity index (χ4n) is 0.782. The second kappa shape index (κ2) is 5.08. The highest BCUT2D eigenvalue weighted by Crippen LogP contribution is 2.05. The Kier molecular flexibility index (Phi) is 4.75. The van der Waals surface area contributed by atoms with Crippen LogP contribution in [0.25, 0.3) is 0 Å². The monoisotopic (exact) mass is 223 g/mol. The molecule has 0 bridgehead atoms. The van der Waals surface area contributed by atoms with Crippen LogP contribution in [0.4, 0.5) is 0 Å². The van der Waals surface area contributed by atoms with Gasteiger partial charge in [-0.2, -0.15) is 8.42 Å². The maximum absolute atomic E-state index is 10.8. The normalized spacial score (nSPS) is 15.6. The topological polar surface area (TPSA) is 104 Å². The highest BCUT2D eigenvalue weighted by Gasteiger charge is 2.30. The molecule has 7 heteroatoms. The van der Waals surface area contributed by atoms with E-state index in [1.807, 2.05) is 5.32 Å². The standard InChI is InChI=1S/C7H13NO5S/c1-3-5(9)7(14(11,12)13)8-6(10)4-2/h4-5,7,9H,2-3H2,1H3,(H,8,10)(H,11,12,13). The van der Waals surface area contributed by atoms with Gasteiger partial charge in [-0.15, -0.1) is 0 Å². The molecule has 0 aliphatic rings. The molecule has 0 aliphatic carbocycles. The molecule has 3 N–H and O–H groups in total. The summed E-state index contributed by atoms with van der Waals surface area (Å²) in [5.41, 5.74) is 0. The number of carbonyl (C=O) groups excluding carboxylic acids is 1. The number of aliphatic hydroxyl groups excluding tert-OH is 1. The molecule has 2 unspecified atom stereocenters. The van der Waals surface area contributed by atoms with Crippen molar-refractivity contribution < 1.29 is 22.9 Å². The minimum atomic E-state index is -4.51. The molecule has 0 aromatic rings. The van der Waals surface area contributed by atoms with E-state index in [9.17, 15) is 18.3 Å². The van der Waals surface area contributed by atoms with Gasteiger partial charge in [-0.05, 0) is 12.5 Å². The highest BCUT2D eigenvalue weighted by atomic mass is 32.2. The van der Waals surface area contributed by atoms with Gasteiger partial charge in [0.1, 0.15) is 0 Å². The number of hydrogen-bond donors (Lipinski definition) is 3. The quantitative estimate of drug-likeness (QED) is 0.421. The van der Waals surface area contributed by atoms with Gasteiger partial charge < -0.3 is 10.4 Å². The summed E-state index contributed by atoms with van der Waals surface area (Å²) in [7, 11) is -4.51. The van der Waals surface area contributed by atoms with Crippen molar-refractivity contribution in [1.29, 1.82) is 0 Å². The molecule has 2 atom stereocenters. The summed E-state index contributed by atoms with van der Waals surface area (Å²) in [5, 5.41) is 9.41. The first-order chi connectivity index (χ1) is 6.32. The summed E-state index contributed by atoms with van der Waals surface area (Å²) < 4.78 is 30.1. The van der Waals surface area contributed by atoms with Crippen molar-refractivity contribution in [1.82, 2.24) is 5.32 Å². The van der Waals surface area contributed by atoms with Crippen LogP contribution in [0, 0.1) is 0 Å². The third-order valence-electron chi connectivity index (χ3n) is 1.56. The largest absolute Gasteiger partial charge is 0.390 e. The lowest BCUT2D eigenvalue weighted by Gasteiger charge is -2.19. The van der Waals surface area contributed by atoms with Crippen LogP contribution in [0.15, 0.2) is 12.7 Å². The molecule has 0 aromatic carbocycles. The van der Waals surface area contributed by atoms with Gasteiger partial charge in [0.05, 0.1) is 6.10 Å². The molecule has 0 radical (unpaired) electrons. The molecule has 0 aliphatic heterocycles. The number of amides is 1. The van der Waals surface area contributed by atoms with Crippen molar-refractivity contribution in [2.24, 2.45) is 0 Å². The van der Waals surface area contributed by atoms with Crippen molar-refractivity contribution in [3.63, 3.8) is 0 Å². The molecule has 0 heterocycles. The summed E-state index contributed by atoms with van der Waals surface area (Å²) in [6.07, 6.45) is -0.420. The van der Waals surface area contributed by atoms with Crippen LogP contribution in [0.5, 0.6) is 0 Å². The van der Waals surface area contributed by atoms with E-state index in [-0.39, 0.29) is 6.42 Å². The smallest absolute Gasteiger partial charge is 0.288 e. The van der Waals surface area contributed by atoms with E-state index in [1.165, 1.54) is 6.92 Å². The van der Waals surface area contributed by atoms with Crippen LogP contribution >= 0.6 is 0 Å². The van der Waals surface area contributed by atoms with Crippen LogP contribution in [0.1, 0.15) is 13.3 Å². The van der Waals surface area contributed by atoms with E-state index < -0.39 is 27.5 Å². The lowest BCUT2D eigenvalue weighted by atomic mass is 10.3. The van der Waals surface area contributed by atoms with Crippen molar-refractivity contribution in [3.05, 3.63) is 12.7 Å². The maximum Gasteiger partial charge on any atom is 0.288 e. The van der Waals surface area contributed by atoms with Crippen molar-refractivity contribution in [3.8, 4) is 0 Å². The van der Waals surface area contributed by atoms with Crippen molar-refractivity contribution in [2.75, 3.05) is 0 Å². The van der Waals surface area contributed by atoms with Gasteiger partial charge in [0, 0.05) is 0 Å². The average Bonchev–Trinajstić information content (AvgIpc) is 2.10. The third-order valence-corrected chi connectivity index (χ3v) is 2.63. The Labute approximate surface area is 82.4 Å². The van der Waals surface area contributed by atoms with Gasteiger partial charge in [0.25, 0.3) is 10.1 Å². The van der Waals surface area contributed by atoms with Gasteiger partial charge in [-0.25, -0.2) is 0 Å². The summed E-state index contributed by atoms with van der Waals surface area (Å²) >= 11 is 0. The molecule has 1 amide bonds. The van der Waals surface area contributed by atoms with Crippen LogP contribution in [-0.4, -0.2) is 35.5 Å². The molecule has 0 aromatic heterocycles. The van der Waals surface area contributed by atoms with Crippen LogP contribution in [0.3, 0.4) is 0 Å². The van der Waals surface area contributed by atoms with Crippen molar-refractivity contribution >= 4 is 16.0 Å². The first kappa shape index (κ1) is 13.1. The first-order valence-electron chi connectivity index (χ1n) is 3.90. The number of aliphatic hydroxyl groups is 1. The van der Waals surface area contributed by atoms with E-state index >= 15 is 0 Å². The predicted molar refractivity (Wildman–Crippen MR) is 50.0 cm³/mol. The van der Waals surface area contributed by atoms with Gasteiger partial charge >= 0.3 is 0 Å². The second-order valence-corrected chi connectivity index (χ2v) is 4.16. The number of rotatable bonds is 5. The second-order valence-electron chi connectivity index (χ2n) is 2.62. The molecule has 0 rings (SSSR count). The zero-order valence-electron chi connectivity index (χ0n) is 7.67. The summed E-state index contributed by atoms with van der Waals surface area (Å²) in [6.45, 7) is 4.63. The Morgan fingerprint density at radius 1 is 1.64 bits per heavy atom. The Hall–Kier alpha value is -0.920. The first-order valence-corrected chi connectivity index (χ1v) is 5.40. The summed E-state index contributed by atoms with van der Waals surface area (Å²) in [6, 6.07) is 0. The Bertz CT molecular complexity index is 310. The third kappa shape index (κ3) is 3.86. The molecular weight excluding hydrogens is 210 g/mol. The number of carbonyl (C=O) groups is 1. The number of nitrogens with one attached hydrogen (secondary N) is 1. The van der Waals surface area contributed by atoms with Gasteiger partial charge in [-0.1, -0.05) is 13.5 Å². The predicted octanol–water partition coefficient (Wildman–Crippen LogP) is -0.727. The minimum Gasteiger partial charge on any atom is -0.390 e. The maximum atomic E-state index is 10.8. The van der Waals surface area contributed by atoms with E-state index in [2.05, 4.69) is 6.58 Å². The fourth-order valence-corrected chi connectivity index (χ4v) is 1.64. The van der Waals surface area contributed by atoms with Crippen molar-refractivity contribution in [2.45, 2.75) is 24.8 Å². The molecule has 6 nitrogen and oxygen atoms in total. The summed E-state index contributed by atoms with van der Waals surface area (Å²) in [5.74, 6) is -0.778. The highest BCUT2D eigenvalue weighted by molar-refractivity contribution is 7.86. The van der Waals surface area contributed by atoms with E-state index in [0.717, 1.165) is 6.08 Å². The molecule has 82 valence electrons. The Balaban J connectivity index is 4.75. The molecule has 0 saturated carbocycles. The van der Waals surface area contributed by atoms with Crippen LogP contribution in [0.2, 0.25) is 0 Å². The Morgan fingerprint density at radius 3 is 2.43 bits per heavy atom.